The predicted octanol–water partition coefficient (Wildman–Crippen LogP) is 4.91. The lowest BCUT2D eigenvalue weighted by Crippen LogP contribution is -2.12. The van der Waals surface area contributed by atoms with Crippen LogP contribution in [0.4, 0.5) is 5.82 Å². The van der Waals surface area contributed by atoms with E-state index in [9.17, 15) is 0 Å². The third kappa shape index (κ3) is 13.9. The number of amidine groups is 1. The number of likely N-dealkylation sites (N-methyl/N-ethyl adjacent to an activating group) is 1. The van der Waals surface area contributed by atoms with Gasteiger partial charge in [-0.25, -0.2) is 9.98 Å². The lowest BCUT2D eigenvalue weighted by atomic mass is 10.3. The molecule has 164 valence electrons. The highest BCUT2D eigenvalue weighted by Crippen LogP contribution is 2.32. The summed E-state index contributed by atoms with van der Waals surface area (Å²) in [5.74, 6) is 1.70. The van der Waals surface area contributed by atoms with Crippen molar-refractivity contribution < 1.29 is 14.3 Å². The second-order valence-electron chi connectivity index (χ2n) is 5.26. The van der Waals surface area contributed by atoms with Crippen LogP contribution in [0.5, 0.6) is 11.5 Å². The molecule has 0 fully saturated rings. The summed E-state index contributed by atoms with van der Waals surface area (Å²) in [6.45, 7) is 5.11. The molecule has 0 aliphatic heterocycles. The molecular weight excluding hydrogens is 468 g/mol. The Kier molecular flexibility index (Phi) is 17.4. The number of hydrogen-bond donors (Lipinski definition) is 2. The minimum Gasteiger partial charge on any atom is -0.453 e. The van der Waals surface area contributed by atoms with Crippen molar-refractivity contribution in [3.05, 3.63) is 58.6 Å². The van der Waals surface area contributed by atoms with E-state index in [4.69, 9.17) is 20.0 Å². The fourth-order valence-electron chi connectivity index (χ4n) is 1.66. The molecule has 1 heterocycles. The molecule has 0 bridgehead atoms. The first-order valence-electron chi connectivity index (χ1n) is 9.06. The van der Waals surface area contributed by atoms with E-state index in [0.29, 0.717) is 22.5 Å². The van der Waals surface area contributed by atoms with Gasteiger partial charge in [0.2, 0.25) is 0 Å². The first kappa shape index (κ1) is 27.8. The molecule has 0 aliphatic rings. The van der Waals surface area contributed by atoms with Crippen LogP contribution in [0.2, 0.25) is 0 Å². The number of halogens is 1. The minimum absolute atomic E-state index is 0.404. The quantitative estimate of drug-likeness (QED) is 0.243. The van der Waals surface area contributed by atoms with Crippen LogP contribution < -0.4 is 15.8 Å². The number of nitrogens with two attached hydrogens (primary N) is 1. The van der Waals surface area contributed by atoms with Crippen molar-refractivity contribution in [1.29, 1.82) is 0 Å². The number of rotatable bonds is 7. The zero-order chi connectivity index (χ0) is 22.6. The summed E-state index contributed by atoms with van der Waals surface area (Å²) in [7, 11) is 3.59. The van der Waals surface area contributed by atoms with Gasteiger partial charge in [0.15, 0.2) is 16.7 Å². The molecule has 0 radical (unpaired) electrons. The van der Waals surface area contributed by atoms with Gasteiger partial charge >= 0.3 is 0 Å². The first-order valence-corrected chi connectivity index (χ1v) is 10.7. The number of carbonyl (C=O) groups excluding carboxylic acids is 1. The number of pyridine rings is 1. The number of benzene rings is 1. The molecule has 30 heavy (non-hydrogen) atoms. The zero-order valence-electron chi connectivity index (χ0n) is 17.7. The largest absolute Gasteiger partial charge is 0.453 e. The fourth-order valence-corrected chi connectivity index (χ4v) is 2.39. The van der Waals surface area contributed by atoms with Gasteiger partial charge in [-0.1, -0.05) is 36.0 Å². The Labute approximate surface area is 191 Å². The van der Waals surface area contributed by atoms with E-state index in [1.54, 1.807) is 13.3 Å². The first-order chi connectivity index (χ1) is 14.5. The second-order valence-corrected chi connectivity index (χ2v) is 7.10. The predicted molar refractivity (Wildman–Crippen MR) is 130 cm³/mol. The standard InChI is InChI=1S/C15H14BrN3OS.C4H11NO.C2H4O/c1-2-8-21-15(17)19-14-13(9-11(16)10-18-14)20-12-6-4-3-5-7-12;1-5-3-4-6-2;1-2-3/h2-10H,1H3,(H2,17,18,19);5H,3-4H2,1-2H3;2H,1H3/b8-2+;;. The van der Waals surface area contributed by atoms with Gasteiger partial charge in [-0.15, -0.1) is 0 Å². The number of ether oxygens (including phenoxy) is 2. The van der Waals surface area contributed by atoms with E-state index in [2.05, 4.69) is 31.2 Å². The van der Waals surface area contributed by atoms with Crippen molar-refractivity contribution in [1.82, 2.24) is 10.3 Å². The number of hydrogen-bond acceptors (Lipinski definition) is 7. The lowest BCUT2D eigenvalue weighted by Gasteiger charge is -2.08. The van der Waals surface area contributed by atoms with Crippen molar-refractivity contribution in [3.63, 3.8) is 0 Å². The van der Waals surface area contributed by atoms with Crippen LogP contribution >= 0.6 is 27.7 Å². The van der Waals surface area contributed by atoms with Gasteiger partial charge in [0.1, 0.15) is 12.0 Å². The van der Waals surface area contributed by atoms with Crippen LogP contribution in [0.25, 0.3) is 0 Å². The number of nitrogens with one attached hydrogen (secondary N) is 1. The van der Waals surface area contributed by atoms with Gasteiger partial charge < -0.3 is 25.3 Å². The van der Waals surface area contributed by atoms with Crippen LogP contribution in [-0.2, 0) is 9.53 Å². The molecule has 3 N–H and O–H groups in total. The van der Waals surface area contributed by atoms with E-state index in [0.717, 1.165) is 23.9 Å². The summed E-state index contributed by atoms with van der Waals surface area (Å²) in [5, 5.41) is 5.20. The average molecular weight is 497 g/mol. The Hall–Kier alpha value is -2.20. The van der Waals surface area contributed by atoms with Gasteiger partial charge in [0.05, 0.1) is 6.61 Å². The van der Waals surface area contributed by atoms with Crippen LogP contribution in [-0.4, -0.2) is 43.7 Å². The van der Waals surface area contributed by atoms with Gasteiger partial charge in [-0.2, -0.15) is 0 Å². The number of nitrogens with zero attached hydrogens (tertiary/aromatic N) is 2. The number of aromatic nitrogens is 1. The van der Waals surface area contributed by atoms with E-state index < -0.39 is 0 Å². The Morgan fingerprint density at radius 2 is 2.00 bits per heavy atom. The highest BCUT2D eigenvalue weighted by molar-refractivity contribution is 9.10. The zero-order valence-corrected chi connectivity index (χ0v) is 20.1. The second kappa shape index (κ2) is 18.8. The highest BCUT2D eigenvalue weighted by atomic mass is 79.9. The smallest absolute Gasteiger partial charge is 0.198 e. The molecule has 2 aromatic rings. The van der Waals surface area contributed by atoms with E-state index in [1.807, 2.05) is 61.9 Å². The molecule has 0 aliphatic carbocycles. The molecule has 1 aromatic heterocycles. The number of thioether (sulfide) groups is 1. The lowest BCUT2D eigenvalue weighted by molar-refractivity contribution is -0.106. The summed E-state index contributed by atoms with van der Waals surface area (Å²) >= 11 is 4.71. The third-order valence-electron chi connectivity index (χ3n) is 2.87. The fraction of sp³-hybridized carbons (Fsp3) is 0.286. The Morgan fingerprint density at radius 3 is 2.53 bits per heavy atom. The maximum absolute atomic E-state index is 8.81. The number of para-hydroxylation sites is 1. The number of allylic oxidation sites excluding steroid dienone is 1. The Morgan fingerprint density at radius 1 is 1.33 bits per heavy atom. The number of methoxy groups -OCH3 is 1. The molecule has 0 atom stereocenters. The van der Waals surface area contributed by atoms with Crippen molar-refractivity contribution in [2.75, 3.05) is 27.3 Å². The minimum atomic E-state index is 0.404. The SMILES string of the molecule is C/C=C/S/C(N)=N\c1ncc(Br)cc1Oc1ccccc1.CC=O.CNCCOC. The van der Waals surface area contributed by atoms with Gasteiger partial charge in [0.25, 0.3) is 0 Å². The summed E-state index contributed by atoms with van der Waals surface area (Å²) in [6.07, 6.45) is 4.30. The maximum atomic E-state index is 8.81. The molecule has 0 spiro atoms. The summed E-state index contributed by atoms with van der Waals surface area (Å²) in [4.78, 5) is 17.3. The summed E-state index contributed by atoms with van der Waals surface area (Å²) in [6, 6.07) is 11.3. The molecule has 9 heteroatoms. The van der Waals surface area contributed by atoms with Crippen LogP contribution in [0.1, 0.15) is 13.8 Å². The third-order valence-corrected chi connectivity index (χ3v) is 4.04. The highest BCUT2D eigenvalue weighted by Gasteiger charge is 2.08. The molecular formula is C21H29BrN4O3S. The van der Waals surface area contributed by atoms with Crippen LogP contribution in [0.15, 0.2) is 63.5 Å². The summed E-state index contributed by atoms with van der Waals surface area (Å²) in [5.41, 5.74) is 5.85. The van der Waals surface area contributed by atoms with Crippen molar-refractivity contribution in [2.24, 2.45) is 10.7 Å². The van der Waals surface area contributed by atoms with E-state index in [1.165, 1.54) is 18.7 Å². The van der Waals surface area contributed by atoms with Gasteiger partial charge in [-0.3, -0.25) is 0 Å². The average Bonchev–Trinajstić information content (AvgIpc) is 2.74. The van der Waals surface area contributed by atoms with Crippen LogP contribution in [0.3, 0.4) is 0 Å². The molecule has 0 saturated heterocycles. The summed E-state index contributed by atoms with van der Waals surface area (Å²) < 4.78 is 11.3. The maximum Gasteiger partial charge on any atom is 0.198 e. The van der Waals surface area contributed by atoms with E-state index in [-0.39, 0.29) is 0 Å². The number of aliphatic imine (C=N–C) groups is 1. The van der Waals surface area contributed by atoms with Crippen molar-refractivity contribution >= 4 is 45.0 Å². The van der Waals surface area contributed by atoms with E-state index >= 15 is 0 Å². The molecule has 2 rings (SSSR count). The monoisotopic (exact) mass is 496 g/mol. The van der Waals surface area contributed by atoms with Gasteiger partial charge in [-0.05, 0) is 54.4 Å². The number of carbonyl (C=O) groups is 1. The normalized spacial score (nSPS) is 10.5. The number of aldehydes is 1. The Bertz CT molecular complexity index is 770. The Balaban J connectivity index is 0.000000791. The molecule has 0 amide bonds. The van der Waals surface area contributed by atoms with Crippen molar-refractivity contribution in [2.45, 2.75) is 13.8 Å². The van der Waals surface area contributed by atoms with Crippen LogP contribution in [0, 0.1) is 0 Å². The van der Waals surface area contributed by atoms with Crippen molar-refractivity contribution in [3.8, 4) is 11.5 Å². The molecule has 1 aromatic carbocycles. The molecule has 7 nitrogen and oxygen atoms in total. The molecule has 0 unspecified atom stereocenters. The van der Waals surface area contributed by atoms with Gasteiger partial charge in [0, 0.05) is 30.4 Å². The topological polar surface area (TPSA) is 98.8 Å². The molecule has 0 saturated carbocycles.